The average molecular weight is 155 g/mol. The second kappa shape index (κ2) is 1.85. The summed E-state index contributed by atoms with van der Waals surface area (Å²) < 4.78 is 35.1. The number of hydrogen-bond donors (Lipinski definition) is 1. The summed E-state index contributed by atoms with van der Waals surface area (Å²) in [6.45, 7) is 0. The van der Waals surface area contributed by atoms with Gasteiger partial charge in [-0.05, 0) is 0 Å². The van der Waals surface area contributed by atoms with Gasteiger partial charge >= 0.3 is 12.0 Å². The van der Waals surface area contributed by atoms with Crippen LogP contribution in [0.15, 0.2) is 5.16 Å². The molecule has 0 aliphatic carbocycles. The van der Waals surface area contributed by atoms with Crippen LogP contribution in [-0.4, -0.2) is 23.3 Å². The van der Waals surface area contributed by atoms with Gasteiger partial charge in [-0.3, -0.25) is 0 Å². The quantitative estimate of drug-likeness (QED) is 0.557. The summed E-state index contributed by atoms with van der Waals surface area (Å²) in [7, 11) is 0. The molecule has 58 valence electrons. The van der Waals surface area contributed by atoms with E-state index < -0.39 is 18.4 Å². The lowest BCUT2D eigenvalue weighted by Gasteiger charge is -2.21. The molecule has 1 aliphatic rings. The summed E-state index contributed by atoms with van der Waals surface area (Å²) in [6.07, 6.45) is -4.55. The van der Waals surface area contributed by atoms with Crippen LogP contribution in [0.1, 0.15) is 6.42 Å². The Morgan fingerprint density at radius 3 is 2.40 bits per heavy atom. The fraction of sp³-hybridized carbons (Fsp3) is 0.750. The first-order chi connectivity index (χ1) is 4.46. The van der Waals surface area contributed by atoms with E-state index in [0.717, 1.165) is 6.21 Å². The average Bonchev–Trinajstić information content (AvgIpc) is 2.13. The Kier molecular flexibility index (Phi) is 1.36. The van der Waals surface area contributed by atoms with Gasteiger partial charge in [0.15, 0.2) is 0 Å². The largest absolute Gasteiger partial charge is 0.458 e. The monoisotopic (exact) mass is 155 g/mol. The van der Waals surface area contributed by atoms with Gasteiger partial charge in [0.05, 0.1) is 12.6 Å². The van der Waals surface area contributed by atoms with Crippen LogP contribution < -0.4 is 0 Å². The zero-order chi connectivity index (χ0) is 7.83. The topological polar surface area (TPSA) is 41.8 Å². The number of halogens is 3. The second-order valence-electron chi connectivity index (χ2n) is 1.87. The van der Waals surface area contributed by atoms with E-state index >= 15 is 0 Å². The number of oxime groups is 1. The van der Waals surface area contributed by atoms with Gasteiger partial charge in [-0.1, -0.05) is 5.16 Å². The fourth-order valence-electron chi connectivity index (χ4n) is 0.490. The van der Waals surface area contributed by atoms with Crippen molar-refractivity contribution in [3.05, 3.63) is 0 Å². The molecular weight excluding hydrogens is 151 g/mol. The summed E-state index contributed by atoms with van der Waals surface area (Å²) in [4.78, 5) is 3.70. The molecule has 1 atom stereocenters. The third-order valence-corrected chi connectivity index (χ3v) is 1.09. The van der Waals surface area contributed by atoms with Crippen molar-refractivity contribution in [2.45, 2.75) is 18.4 Å². The van der Waals surface area contributed by atoms with Crippen molar-refractivity contribution in [3.8, 4) is 0 Å². The molecule has 0 amide bonds. The maximum absolute atomic E-state index is 11.7. The van der Waals surface area contributed by atoms with E-state index in [2.05, 4.69) is 9.99 Å². The van der Waals surface area contributed by atoms with Crippen molar-refractivity contribution >= 4 is 6.21 Å². The first kappa shape index (κ1) is 7.33. The van der Waals surface area contributed by atoms with Crippen LogP contribution in [0, 0.1) is 0 Å². The molecule has 0 saturated carbocycles. The molecule has 3 nitrogen and oxygen atoms in total. The Hall–Kier alpha value is -0.780. The van der Waals surface area contributed by atoms with E-state index in [1.165, 1.54) is 0 Å². The first-order valence-electron chi connectivity index (χ1n) is 2.45. The second-order valence-corrected chi connectivity index (χ2v) is 1.87. The van der Waals surface area contributed by atoms with Crippen LogP contribution in [0.2, 0.25) is 0 Å². The minimum atomic E-state index is -4.77. The zero-order valence-electron chi connectivity index (χ0n) is 4.72. The SMILES string of the molecule is O[C@@]1(C(F)(F)F)CC=NO1. The van der Waals surface area contributed by atoms with E-state index in [-0.39, 0.29) is 0 Å². The standard InChI is InChI=1S/C4H4F3NO2/c5-4(6,7)3(9)1-2-8-10-3/h2,9H,1H2/t3-/m0/s1. The van der Waals surface area contributed by atoms with Gasteiger partial charge in [0.1, 0.15) is 0 Å². The summed E-state index contributed by atoms with van der Waals surface area (Å²) in [5, 5.41) is 11.4. The molecule has 0 aromatic heterocycles. The molecule has 1 rings (SSSR count). The molecule has 0 saturated heterocycles. The summed E-state index contributed by atoms with van der Waals surface area (Å²) in [5.41, 5.74) is 0. The predicted octanol–water partition coefficient (Wildman–Crippen LogP) is 0.643. The van der Waals surface area contributed by atoms with Crippen molar-refractivity contribution in [3.63, 3.8) is 0 Å². The Labute approximate surface area is 54.1 Å². The van der Waals surface area contributed by atoms with Gasteiger partial charge in [0.25, 0.3) is 0 Å². The van der Waals surface area contributed by atoms with Crippen LogP contribution in [0.4, 0.5) is 13.2 Å². The van der Waals surface area contributed by atoms with Gasteiger partial charge in [-0.15, -0.1) is 0 Å². The van der Waals surface area contributed by atoms with Crippen molar-refractivity contribution < 1.29 is 23.1 Å². The highest BCUT2D eigenvalue weighted by molar-refractivity contribution is 5.59. The van der Waals surface area contributed by atoms with Gasteiger partial charge < -0.3 is 9.94 Å². The molecule has 0 fully saturated rings. The van der Waals surface area contributed by atoms with Crippen molar-refractivity contribution in [2.75, 3.05) is 0 Å². The Morgan fingerprint density at radius 2 is 2.20 bits per heavy atom. The fourth-order valence-corrected chi connectivity index (χ4v) is 0.490. The molecule has 0 aromatic rings. The van der Waals surface area contributed by atoms with E-state index in [9.17, 15) is 13.2 Å². The molecule has 1 heterocycles. The van der Waals surface area contributed by atoms with Crippen molar-refractivity contribution in [1.29, 1.82) is 0 Å². The zero-order valence-corrected chi connectivity index (χ0v) is 4.72. The first-order valence-corrected chi connectivity index (χ1v) is 2.45. The van der Waals surface area contributed by atoms with Gasteiger partial charge in [0.2, 0.25) is 0 Å². The summed E-state index contributed by atoms with van der Waals surface area (Å²) >= 11 is 0. The lowest BCUT2D eigenvalue weighted by atomic mass is 10.2. The van der Waals surface area contributed by atoms with Gasteiger partial charge in [0, 0.05) is 0 Å². The van der Waals surface area contributed by atoms with Crippen LogP contribution >= 0.6 is 0 Å². The van der Waals surface area contributed by atoms with E-state index in [1.807, 2.05) is 0 Å². The minimum absolute atomic E-state index is 0.642. The molecule has 0 bridgehead atoms. The molecule has 6 heteroatoms. The lowest BCUT2D eigenvalue weighted by molar-refractivity contribution is -0.355. The Balaban J connectivity index is 2.71. The highest BCUT2D eigenvalue weighted by Crippen LogP contribution is 2.35. The lowest BCUT2D eigenvalue weighted by Crippen LogP contribution is -2.44. The number of hydrogen-bond acceptors (Lipinski definition) is 3. The number of aliphatic hydroxyl groups is 1. The molecule has 0 unspecified atom stereocenters. The summed E-state index contributed by atoms with van der Waals surface area (Å²) in [5.74, 6) is -3.09. The maximum atomic E-state index is 11.7. The van der Waals surface area contributed by atoms with Crippen LogP contribution in [0.25, 0.3) is 0 Å². The van der Waals surface area contributed by atoms with Gasteiger partial charge in [-0.2, -0.15) is 13.2 Å². The number of nitrogens with zero attached hydrogens (tertiary/aromatic N) is 1. The normalized spacial score (nSPS) is 32.4. The van der Waals surface area contributed by atoms with Gasteiger partial charge in [-0.25, -0.2) is 0 Å². The number of rotatable bonds is 0. The molecular formula is C4H4F3NO2. The number of alkyl halides is 3. The van der Waals surface area contributed by atoms with Crippen molar-refractivity contribution in [2.24, 2.45) is 5.16 Å². The predicted molar refractivity (Wildman–Crippen MR) is 25.2 cm³/mol. The molecule has 10 heavy (non-hydrogen) atoms. The molecule has 0 spiro atoms. The van der Waals surface area contributed by atoms with E-state index in [0.29, 0.717) is 0 Å². The highest BCUT2D eigenvalue weighted by Gasteiger charge is 2.58. The molecule has 1 aliphatic heterocycles. The van der Waals surface area contributed by atoms with Crippen LogP contribution in [0.3, 0.4) is 0 Å². The smallest absolute Gasteiger partial charge is 0.350 e. The third kappa shape index (κ3) is 0.942. The summed E-state index contributed by atoms with van der Waals surface area (Å²) in [6, 6.07) is 0. The van der Waals surface area contributed by atoms with Crippen molar-refractivity contribution in [1.82, 2.24) is 0 Å². The minimum Gasteiger partial charge on any atom is -0.350 e. The van der Waals surface area contributed by atoms with Crippen LogP contribution in [0.5, 0.6) is 0 Å². The molecule has 0 radical (unpaired) electrons. The van der Waals surface area contributed by atoms with Crippen LogP contribution in [-0.2, 0) is 4.84 Å². The maximum Gasteiger partial charge on any atom is 0.458 e. The molecule has 0 aromatic carbocycles. The third-order valence-electron chi connectivity index (χ3n) is 1.09. The van der Waals surface area contributed by atoms with E-state index in [4.69, 9.17) is 5.11 Å². The Morgan fingerprint density at radius 1 is 1.60 bits per heavy atom. The Bertz CT molecular complexity index is 156. The van der Waals surface area contributed by atoms with E-state index in [1.54, 1.807) is 0 Å². The highest BCUT2D eigenvalue weighted by atomic mass is 19.4. The molecule has 1 N–H and O–H groups in total.